The third-order valence-electron chi connectivity index (χ3n) is 3.02. The zero-order valence-electron chi connectivity index (χ0n) is 12.2. The van der Waals surface area contributed by atoms with E-state index in [0.29, 0.717) is 17.8 Å². The molecule has 0 saturated heterocycles. The molecule has 5 nitrogen and oxygen atoms in total. The van der Waals surface area contributed by atoms with Crippen LogP contribution in [0.5, 0.6) is 0 Å². The molecule has 6 heteroatoms. The zero-order chi connectivity index (χ0) is 15.8. The first-order valence-corrected chi connectivity index (χ1v) is 7.64. The van der Waals surface area contributed by atoms with E-state index in [2.05, 4.69) is 16.6 Å². The van der Waals surface area contributed by atoms with Gasteiger partial charge in [-0.15, -0.1) is 11.3 Å². The van der Waals surface area contributed by atoms with Crippen molar-refractivity contribution < 1.29 is 4.79 Å². The highest BCUT2D eigenvalue weighted by molar-refractivity contribution is 7.12. The van der Waals surface area contributed by atoms with E-state index in [1.807, 2.05) is 47.7 Å². The quantitative estimate of drug-likeness (QED) is 0.658. The van der Waals surface area contributed by atoms with Crippen molar-refractivity contribution in [3.05, 3.63) is 52.2 Å². The van der Waals surface area contributed by atoms with Crippen LogP contribution < -0.4 is 10.3 Å². The van der Waals surface area contributed by atoms with Gasteiger partial charge in [0, 0.05) is 19.3 Å². The Morgan fingerprint density at radius 1 is 1.41 bits per heavy atom. The number of thiophene rings is 1. The molecule has 1 amide bonds. The molecule has 0 unspecified atom stereocenters. The van der Waals surface area contributed by atoms with Gasteiger partial charge in [-0.05, 0) is 29.1 Å². The van der Waals surface area contributed by atoms with Crippen LogP contribution >= 0.6 is 11.3 Å². The number of hydrazone groups is 1. The van der Waals surface area contributed by atoms with E-state index in [4.69, 9.17) is 5.26 Å². The first-order chi connectivity index (χ1) is 10.7. The maximum absolute atomic E-state index is 11.7. The minimum absolute atomic E-state index is 0.209. The third-order valence-corrected chi connectivity index (χ3v) is 3.89. The standard InChI is InChI=1S/C16H16N4OS/c1-20(10-3-9-17)14-7-5-13(6-8-14)12-18-19-16(21)15-4-2-11-22-15/h2,4-8,11-12H,3,10H2,1H3,(H,19,21)/b18-12-. The Hall–Kier alpha value is -2.65. The van der Waals surface area contributed by atoms with Crippen molar-refractivity contribution in [3.63, 3.8) is 0 Å². The predicted octanol–water partition coefficient (Wildman–Crippen LogP) is 2.86. The highest BCUT2D eigenvalue weighted by Gasteiger charge is 2.03. The van der Waals surface area contributed by atoms with E-state index in [1.165, 1.54) is 11.3 Å². The minimum atomic E-state index is -0.209. The number of benzene rings is 1. The van der Waals surface area contributed by atoms with Crippen molar-refractivity contribution in [2.24, 2.45) is 5.10 Å². The first-order valence-electron chi connectivity index (χ1n) is 6.76. The lowest BCUT2D eigenvalue weighted by Crippen LogP contribution is -2.18. The summed E-state index contributed by atoms with van der Waals surface area (Å²) in [6.07, 6.45) is 2.10. The molecule has 0 bridgehead atoms. The van der Waals surface area contributed by atoms with Crippen LogP contribution in [0.25, 0.3) is 0 Å². The smallest absolute Gasteiger partial charge is 0.281 e. The zero-order valence-corrected chi connectivity index (χ0v) is 13.0. The van der Waals surface area contributed by atoms with Gasteiger partial charge in [-0.25, -0.2) is 5.43 Å². The van der Waals surface area contributed by atoms with Gasteiger partial charge in [-0.1, -0.05) is 18.2 Å². The number of hydrogen-bond donors (Lipinski definition) is 1. The maximum Gasteiger partial charge on any atom is 0.281 e. The minimum Gasteiger partial charge on any atom is -0.374 e. The molecule has 2 aromatic rings. The maximum atomic E-state index is 11.7. The van der Waals surface area contributed by atoms with Crippen molar-refractivity contribution in [1.29, 1.82) is 5.26 Å². The van der Waals surface area contributed by atoms with E-state index >= 15 is 0 Å². The lowest BCUT2D eigenvalue weighted by Gasteiger charge is -2.17. The molecule has 1 heterocycles. The molecular weight excluding hydrogens is 296 g/mol. The fraction of sp³-hybridized carbons (Fsp3) is 0.188. The number of carbonyl (C=O) groups is 1. The number of amides is 1. The highest BCUT2D eigenvalue weighted by atomic mass is 32.1. The van der Waals surface area contributed by atoms with Crippen LogP contribution in [0.15, 0.2) is 46.9 Å². The topological polar surface area (TPSA) is 68.5 Å². The normalized spacial score (nSPS) is 10.4. The molecule has 0 atom stereocenters. The van der Waals surface area contributed by atoms with Gasteiger partial charge in [0.25, 0.3) is 5.91 Å². The van der Waals surface area contributed by atoms with Gasteiger partial charge in [0.15, 0.2) is 0 Å². The number of nitriles is 1. The van der Waals surface area contributed by atoms with Crippen LogP contribution in [0.3, 0.4) is 0 Å². The van der Waals surface area contributed by atoms with Gasteiger partial charge in [-0.2, -0.15) is 10.4 Å². The monoisotopic (exact) mass is 312 g/mol. The molecule has 1 N–H and O–H groups in total. The van der Waals surface area contributed by atoms with Crippen molar-refractivity contribution >= 4 is 29.1 Å². The van der Waals surface area contributed by atoms with Gasteiger partial charge in [0.2, 0.25) is 0 Å². The summed E-state index contributed by atoms with van der Waals surface area (Å²) in [6, 6.07) is 13.5. The molecule has 22 heavy (non-hydrogen) atoms. The average Bonchev–Trinajstić information content (AvgIpc) is 3.07. The third kappa shape index (κ3) is 4.43. The Bertz CT molecular complexity index is 671. The number of carbonyl (C=O) groups excluding carboxylic acids is 1. The summed E-state index contributed by atoms with van der Waals surface area (Å²) in [5.41, 5.74) is 4.42. The number of nitrogens with zero attached hydrogens (tertiary/aromatic N) is 3. The molecule has 0 spiro atoms. The molecule has 0 aliphatic carbocycles. The van der Waals surface area contributed by atoms with E-state index in [0.717, 1.165) is 11.3 Å². The molecular formula is C16H16N4OS. The summed E-state index contributed by atoms with van der Waals surface area (Å²) in [7, 11) is 1.95. The summed E-state index contributed by atoms with van der Waals surface area (Å²) in [5, 5.41) is 14.4. The molecule has 0 saturated carbocycles. The van der Waals surface area contributed by atoms with E-state index in [1.54, 1.807) is 12.3 Å². The number of rotatable bonds is 6. The molecule has 0 aliphatic heterocycles. The van der Waals surface area contributed by atoms with Gasteiger partial charge >= 0.3 is 0 Å². The van der Waals surface area contributed by atoms with Crippen molar-refractivity contribution in [3.8, 4) is 6.07 Å². The van der Waals surface area contributed by atoms with Crippen molar-refractivity contribution in [1.82, 2.24) is 5.43 Å². The summed E-state index contributed by atoms with van der Waals surface area (Å²) in [5.74, 6) is -0.209. The molecule has 1 aromatic heterocycles. The number of anilines is 1. The molecule has 1 aromatic carbocycles. The molecule has 0 radical (unpaired) electrons. The molecule has 2 rings (SSSR count). The largest absolute Gasteiger partial charge is 0.374 e. The van der Waals surface area contributed by atoms with Crippen LogP contribution in [-0.4, -0.2) is 25.7 Å². The van der Waals surface area contributed by atoms with Crippen LogP contribution in [-0.2, 0) is 0 Å². The fourth-order valence-electron chi connectivity index (χ4n) is 1.79. The highest BCUT2D eigenvalue weighted by Crippen LogP contribution is 2.13. The van der Waals surface area contributed by atoms with Gasteiger partial charge < -0.3 is 4.90 Å². The second-order valence-electron chi connectivity index (χ2n) is 4.60. The van der Waals surface area contributed by atoms with Crippen LogP contribution in [0.4, 0.5) is 5.69 Å². The van der Waals surface area contributed by atoms with Crippen LogP contribution in [0.2, 0.25) is 0 Å². The summed E-state index contributed by atoms with van der Waals surface area (Å²) >= 11 is 1.37. The lowest BCUT2D eigenvalue weighted by molar-refractivity contribution is 0.0959. The number of nitrogens with one attached hydrogen (secondary N) is 1. The second-order valence-corrected chi connectivity index (χ2v) is 5.55. The Morgan fingerprint density at radius 2 is 2.18 bits per heavy atom. The van der Waals surface area contributed by atoms with Crippen molar-refractivity contribution in [2.45, 2.75) is 6.42 Å². The molecule has 0 fully saturated rings. The Morgan fingerprint density at radius 3 is 2.82 bits per heavy atom. The Labute approximate surface area is 133 Å². The van der Waals surface area contributed by atoms with Gasteiger partial charge in [-0.3, -0.25) is 4.79 Å². The van der Waals surface area contributed by atoms with Crippen LogP contribution in [0.1, 0.15) is 21.7 Å². The average molecular weight is 312 g/mol. The first kappa shape index (κ1) is 15.7. The number of hydrogen-bond acceptors (Lipinski definition) is 5. The molecule has 112 valence electrons. The molecule has 0 aliphatic rings. The Balaban J connectivity index is 1.89. The van der Waals surface area contributed by atoms with E-state index in [-0.39, 0.29) is 5.91 Å². The lowest BCUT2D eigenvalue weighted by atomic mass is 10.2. The van der Waals surface area contributed by atoms with Gasteiger partial charge in [0.05, 0.1) is 23.6 Å². The predicted molar refractivity (Wildman–Crippen MR) is 89.3 cm³/mol. The Kier molecular flexibility index (Phi) is 5.69. The summed E-state index contributed by atoms with van der Waals surface area (Å²) < 4.78 is 0. The van der Waals surface area contributed by atoms with Crippen LogP contribution in [0, 0.1) is 11.3 Å². The van der Waals surface area contributed by atoms with Gasteiger partial charge in [0.1, 0.15) is 0 Å². The summed E-state index contributed by atoms with van der Waals surface area (Å²) in [6.45, 7) is 0.695. The fourth-order valence-corrected chi connectivity index (χ4v) is 2.40. The van der Waals surface area contributed by atoms with Crippen molar-refractivity contribution in [2.75, 3.05) is 18.5 Å². The summed E-state index contributed by atoms with van der Waals surface area (Å²) in [4.78, 5) is 14.3. The van der Waals surface area contributed by atoms with E-state index in [9.17, 15) is 4.79 Å². The van der Waals surface area contributed by atoms with E-state index < -0.39 is 0 Å². The SMILES string of the molecule is CN(CCC#N)c1ccc(/C=N\NC(=O)c2cccs2)cc1. The second kappa shape index (κ2) is 7.96.